The van der Waals surface area contributed by atoms with E-state index < -0.39 is 35.3 Å². The molecular formula is C26H15ClFIN4O4S. The summed E-state index contributed by atoms with van der Waals surface area (Å²) in [5, 5.41) is 3.40. The molecule has 4 aromatic rings. The maximum Gasteiger partial charge on any atom is 0.294 e. The number of hydrogen-bond donors (Lipinski definition) is 1. The maximum absolute atomic E-state index is 14.3. The average Bonchev–Trinajstić information content (AvgIpc) is 3.16. The van der Waals surface area contributed by atoms with Gasteiger partial charge in [0.25, 0.3) is 17.0 Å². The van der Waals surface area contributed by atoms with Gasteiger partial charge in [-0.25, -0.2) is 4.98 Å². The lowest BCUT2D eigenvalue weighted by Gasteiger charge is -2.13. The zero-order valence-corrected chi connectivity index (χ0v) is 22.9. The number of anilines is 1. The van der Waals surface area contributed by atoms with Gasteiger partial charge in [0.15, 0.2) is 0 Å². The Morgan fingerprint density at radius 3 is 2.68 bits per heavy atom. The minimum atomic E-state index is -0.826. The van der Waals surface area contributed by atoms with Crippen molar-refractivity contribution < 1.29 is 23.5 Å². The highest BCUT2D eigenvalue weighted by atomic mass is 127. The topological polar surface area (TPSA) is 101 Å². The number of carbonyl (C=O) groups is 3. The van der Waals surface area contributed by atoms with E-state index in [1.165, 1.54) is 6.08 Å². The standard InChI is InChI=1S/C26H15ClFIN4O4S/c27-25-30-12-19(28)23(32-25)37-20-10-5-14-3-1-2-4-17(14)18(20)11-21-24(35)33(26(36)38-21)13-22(34)31-16-8-6-15(29)7-9-16/h1-12H,13H2,(H,31,34)/b21-11+. The smallest absolute Gasteiger partial charge is 0.294 e. The van der Waals surface area contributed by atoms with Crippen molar-refractivity contribution >= 4 is 85.5 Å². The van der Waals surface area contributed by atoms with Crippen molar-refractivity contribution in [1.29, 1.82) is 0 Å². The van der Waals surface area contributed by atoms with Gasteiger partial charge in [-0.3, -0.25) is 19.3 Å². The highest BCUT2D eigenvalue weighted by Crippen LogP contribution is 2.38. The number of amides is 3. The van der Waals surface area contributed by atoms with E-state index >= 15 is 0 Å². The summed E-state index contributed by atoms with van der Waals surface area (Å²) in [6.45, 7) is -0.447. The highest BCUT2D eigenvalue weighted by Gasteiger charge is 2.36. The molecule has 0 bridgehead atoms. The summed E-state index contributed by atoms with van der Waals surface area (Å²) in [6, 6.07) is 17.8. The van der Waals surface area contributed by atoms with Gasteiger partial charge in [0, 0.05) is 14.8 Å². The average molecular weight is 661 g/mol. The molecule has 0 saturated carbocycles. The van der Waals surface area contributed by atoms with Crippen LogP contribution in [0.2, 0.25) is 5.28 Å². The van der Waals surface area contributed by atoms with Gasteiger partial charge in [0.05, 0.1) is 11.1 Å². The van der Waals surface area contributed by atoms with Crippen LogP contribution in [0.1, 0.15) is 5.56 Å². The third-order valence-corrected chi connectivity index (χ3v) is 7.21. The first-order valence-electron chi connectivity index (χ1n) is 11.0. The number of rotatable bonds is 6. The zero-order chi connectivity index (χ0) is 26.8. The molecule has 8 nitrogen and oxygen atoms in total. The lowest BCUT2D eigenvalue weighted by atomic mass is 10.0. The summed E-state index contributed by atoms with van der Waals surface area (Å²) in [7, 11) is 0. The van der Waals surface area contributed by atoms with E-state index in [1.54, 1.807) is 36.4 Å². The normalized spacial score (nSPS) is 14.4. The number of imide groups is 1. The Bertz CT molecular complexity index is 1630. The van der Waals surface area contributed by atoms with Crippen LogP contribution in [0.15, 0.2) is 71.8 Å². The van der Waals surface area contributed by atoms with E-state index in [0.717, 1.165) is 20.1 Å². The van der Waals surface area contributed by atoms with Gasteiger partial charge >= 0.3 is 0 Å². The Morgan fingerprint density at radius 1 is 1.13 bits per heavy atom. The van der Waals surface area contributed by atoms with Crippen molar-refractivity contribution in [2.45, 2.75) is 0 Å². The number of halogens is 3. The van der Waals surface area contributed by atoms with Crippen molar-refractivity contribution in [3.05, 3.63) is 92.0 Å². The Morgan fingerprint density at radius 2 is 1.89 bits per heavy atom. The number of fused-ring (bicyclic) bond motifs is 1. The molecular weight excluding hydrogens is 646 g/mol. The number of aromatic nitrogens is 2. The van der Waals surface area contributed by atoms with E-state index in [4.69, 9.17) is 16.3 Å². The molecule has 1 aromatic heterocycles. The van der Waals surface area contributed by atoms with Crippen LogP contribution in [0.3, 0.4) is 0 Å². The minimum absolute atomic E-state index is 0.0828. The monoisotopic (exact) mass is 660 g/mol. The van der Waals surface area contributed by atoms with Crippen LogP contribution in [-0.4, -0.2) is 38.5 Å². The molecule has 12 heteroatoms. The van der Waals surface area contributed by atoms with E-state index in [9.17, 15) is 18.8 Å². The quantitative estimate of drug-likeness (QED) is 0.143. The summed E-state index contributed by atoms with van der Waals surface area (Å²) in [4.78, 5) is 46.7. The van der Waals surface area contributed by atoms with Crippen LogP contribution in [0.4, 0.5) is 14.9 Å². The molecule has 0 radical (unpaired) electrons. The van der Waals surface area contributed by atoms with Crippen molar-refractivity contribution in [1.82, 2.24) is 14.9 Å². The number of hydrogen-bond acceptors (Lipinski definition) is 7. The van der Waals surface area contributed by atoms with E-state index in [-0.39, 0.29) is 15.9 Å². The van der Waals surface area contributed by atoms with Gasteiger partial charge in [-0.2, -0.15) is 9.37 Å². The van der Waals surface area contributed by atoms with Gasteiger partial charge in [-0.15, -0.1) is 0 Å². The second-order valence-electron chi connectivity index (χ2n) is 7.92. The first kappa shape index (κ1) is 26.1. The van der Waals surface area contributed by atoms with Crippen LogP contribution in [0, 0.1) is 9.39 Å². The van der Waals surface area contributed by atoms with Crippen molar-refractivity contribution in [2.75, 3.05) is 11.9 Å². The number of thioether (sulfide) groups is 1. The fraction of sp³-hybridized carbons (Fsp3) is 0.0385. The van der Waals surface area contributed by atoms with Crippen LogP contribution >= 0.6 is 46.0 Å². The van der Waals surface area contributed by atoms with Crippen LogP contribution < -0.4 is 10.1 Å². The summed E-state index contributed by atoms with van der Waals surface area (Å²) >= 11 is 8.64. The SMILES string of the molecule is O=C(CN1C(=O)S/C(=C/c2c(Oc3nc(Cl)ncc3F)ccc3ccccc23)C1=O)Nc1ccc(I)cc1. The Hall–Kier alpha value is -3.55. The van der Waals surface area contributed by atoms with Gasteiger partial charge in [-0.05, 0) is 93.1 Å². The molecule has 1 aliphatic rings. The Kier molecular flexibility index (Phi) is 7.58. The molecule has 3 amide bonds. The maximum atomic E-state index is 14.3. The second-order valence-corrected chi connectivity index (χ2v) is 10.5. The molecule has 0 spiro atoms. The third-order valence-electron chi connectivity index (χ3n) is 5.40. The van der Waals surface area contributed by atoms with E-state index in [0.29, 0.717) is 28.4 Å². The van der Waals surface area contributed by atoms with Crippen molar-refractivity contribution in [3.8, 4) is 11.6 Å². The summed E-state index contributed by atoms with van der Waals surface area (Å²) in [6.07, 6.45) is 2.37. The van der Waals surface area contributed by atoms with Crippen molar-refractivity contribution in [3.63, 3.8) is 0 Å². The lowest BCUT2D eigenvalue weighted by molar-refractivity contribution is -0.127. The molecule has 1 aliphatic heterocycles. The highest BCUT2D eigenvalue weighted by molar-refractivity contribution is 14.1. The zero-order valence-electron chi connectivity index (χ0n) is 19.2. The fourth-order valence-electron chi connectivity index (χ4n) is 3.67. The fourth-order valence-corrected chi connectivity index (χ4v) is 4.97. The third kappa shape index (κ3) is 5.64. The number of benzene rings is 3. The van der Waals surface area contributed by atoms with E-state index in [2.05, 4.69) is 37.9 Å². The van der Waals surface area contributed by atoms with Crippen LogP contribution in [0.25, 0.3) is 16.8 Å². The molecule has 190 valence electrons. The Labute approximate surface area is 238 Å². The number of nitrogens with zero attached hydrogens (tertiary/aromatic N) is 3. The molecule has 1 N–H and O–H groups in total. The molecule has 5 rings (SSSR count). The molecule has 3 aromatic carbocycles. The molecule has 1 saturated heterocycles. The molecule has 2 heterocycles. The predicted octanol–water partition coefficient (Wildman–Crippen LogP) is 6.49. The number of ether oxygens (including phenoxy) is 1. The number of carbonyl (C=O) groups excluding carboxylic acids is 3. The molecule has 1 fully saturated rings. The second kappa shape index (κ2) is 11.1. The summed E-state index contributed by atoms with van der Waals surface area (Å²) in [5.74, 6) is -2.18. The van der Waals surface area contributed by atoms with Gasteiger partial charge in [0.1, 0.15) is 12.3 Å². The van der Waals surface area contributed by atoms with Gasteiger partial charge in [0.2, 0.25) is 17.0 Å². The first-order chi connectivity index (χ1) is 18.3. The summed E-state index contributed by atoms with van der Waals surface area (Å²) in [5.41, 5.74) is 0.971. The Balaban J connectivity index is 1.45. The van der Waals surface area contributed by atoms with Crippen LogP contribution in [0.5, 0.6) is 11.6 Å². The van der Waals surface area contributed by atoms with Crippen molar-refractivity contribution in [2.24, 2.45) is 0 Å². The first-order valence-corrected chi connectivity index (χ1v) is 13.2. The van der Waals surface area contributed by atoms with Crippen LogP contribution in [-0.2, 0) is 9.59 Å². The van der Waals surface area contributed by atoms with Gasteiger partial charge in [-0.1, -0.05) is 30.3 Å². The lowest BCUT2D eigenvalue weighted by Crippen LogP contribution is -2.36. The number of nitrogens with one attached hydrogen (secondary N) is 1. The van der Waals surface area contributed by atoms with E-state index in [1.807, 2.05) is 24.3 Å². The molecule has 0 unspecified atom stereocenters. The molecule has 38 heavy (non-hydrogen) atoms. The summed E-state index contributed by atoms with van der Waals surface area (Å²) < 4.78 is 21.0. The predicted molar refractivity (Wildman–Crippen MR) is 151 cm³/mol. The largest absolute Gasteiger partial charge is 0.436 e. The van der Waals surface area contributed by atoms with Gasteiger partial charge < -0.3 is 10.1 Å². The minimum Gasteiger partial charge on any atom is -0.436 e. The molecule has 0 atom stereocenters. The molecule has 0 aliphatic carbocycles.